The molecule has 4 rings (SSSR count). The third-order valence-corrected chi connectivity index (χ3v) is 5.63. The summed E-state index contributed by atoms with van der Waals surface area (Å²) >= 11 is 0. The number of aryl methyl sites for hydroxylation is 2. The maximum absolute atomic E-state index is 13.1. The van der Waals surface area contributed by atoms with Crippen LogP contribution in [0.25, 0.3) is 5.76 Å². The average Bonchev–Trinajstić information content (AvgIpc) is 3.29. The molecule has 0 bridgehead atoms. The Balaban J connectivity index is 1.87. The highest BCUT2D eigenvalue weighted by Gasteiger charge is 2.46. The molecule has 1 saturated heterocycles. The predicted molar refractivity (Wildman–Crippen MR) is 118 cm³/mol. The Labute approximate surface area is 189 Å². The van der Waals surface area contributed by atoms with E-state index >= 15 is 0 Å². The highest BCUT2D eigenvalue weighted by Crippen LogP contribution is 2.41. The molecular formula is C24H22N4O5. The summed E-state index contributed by atoms with van der Waals surface area (Å²) in [6.45, 7) is 3.54. The van der Waals surface area contributed by atoms with Gasteiger partial charge in [-0.15, -0.1) is 0 Å². The Morgan fingerprint density at radius 1 is 1.18 bits per heavy atom. The zero-order chi connectivity index (χ0) is 23.7. The van der Waals surface area contributed by atoms with Crippen molar-refractivity contribution in [2.45, 2.75) is 26.4 Å². The van der Waals surface area contributed by atoms with Crippen LogP contribution >= 0.6 is 0 Å². The first-order valence-corrected chi connectivity index (χ1v) is 10.2. The molecule has 2 N–H and O–H groups in total. The summed E-state index contributed by atoms with van der Waals surface area (Å²) < 4.78 is 4.75. The van der Waals surface area contributed by atoms with Crippen molar-refractivity contribution in [1.29, 1.82) is 0 Å². The van der Waals surface area contributed by atoms with Crippen LogP contribution in [0, 0.1) is 13.8 Å². The number of methoxy groups -OCH3 is 1. The number of esters is 1. The molecule has 1 aromatic carbocycles. The maximum atomic E-state index is 13.1. The summed E-state index contributed by atoms with van der Waals surface area (Å²) in [6, 6.07) is 9.06. The monoisotopic (exact) mass is 446 g/mol. The van der Waals surface area contributed by atoms with Crippen LogP contribution in [0.4, 0.5) is 0 Å². The van der Waals surface area contributed by atoms with Gasteiger partial charge in [-0.2, -0.15) is 5.10 Å². The highest BCUT2D eigenvalue weighted by atomic mass is 16.5. The van der Waals surface area contributed by atoms with Crippen molar-refractivity contribution >= 4 is 23.4 Å². The Morgan fingerprint density at radius 3 is 2.48 bits per heavy atom. The van der Waals surface area contributed by atoms with Gasteiger partial charge >= 0.3 is 5.97 Å². The summed E-state index contributed by atoms with van der Waals surface area (Å²) in [5.74, 6) is -2.33. The number of aromatic nitrogens is 3. The fourth-order valence-electron chi connectivity index (χ4n) is 4.03. The summed E-state index contributed by atoms with van der Waals surface area (Å²) in [7, 11) is 1.29. The highest BCUT2D eigenvalue weighted by molar-refractivity contribution is 6.46. The molecule has 1 fully saturated rings. The minimum absolute atomic E-state index is 0.0395. The number of Topliss-reactive ketones (excluding diaryl/α,β-unsaturated/α-hetero) is 1. The SMILES string of the molecule is COC(=O)c1ccc([C@H]2/C(=C(\O)c3c(C)n[nH]c3C)C(=O)C(=O)N2Cc2cccnc2)cc1. The molecule has 1 amide bonds. The van der Waals surface area contributed by atoms with Crippen LogP contribution in [0.2, 0.25) is 0 Å². The van der Waals surface area contributed by atoms with E-state index in [-0.39, 0.29) is 17.9 Å². The van der Waals surface area contributed by atoms with Gasteiger partial charge in [0.1, 0.15) is 5.76 Å². The van der Waals surface area contributed by atoms with Crippen molar-refractivity contribution in [3.05, 3.63) is 88.0 Å². The number of ether oxygens (including phenoxy) is 1. The van der Waals surface area contributed by atoms with Gasteiger partial charge in [0, 0.05) is 24.6 Å². The molecule has 3 aromatic rings. The van der Waals surface area contributed by atoms with Crippen LogP contribution in [0.1, 0.15) is 44.5 Å². The zero-order valence-corrected chi connectivity index (χ0v) is 18.3. The van der Waals surface area contributed by atoms with Gasteiger partial charge < -0.3 is 14.7 Å². The first-order valence-electron chi connectivity index (χ1n) is 10.2. The molecule has 9 heteroatoms. The van der Waals surface area contributed by atoms with Gasteiger partial charge in [-0.3, -0.25) is 19.7 Å². The second-order valence-corrected chi connectivity index (χ2v) is 7.71. The van der Waals surface area contributed by atoms with Crippen LogP contribution in [-0.4, -0.2) is 50.0 Å². The molecule has 3 heterocycles. The summed E-state index contributed by atoms with van der Waals surface area (Å²) in [6.07, 6.45) is 3.23. The van der Waals surface area contributed by atoms with Gasteiger partial charge in [0.05, 0.1) is 35.5 Å². The number of benzene rings is 1. The average molecular weight is 446 g/mol. The quantitative estimate of drug-likeness (QED) is 0.267. The molecule has 1 aliphatic heterocycles. The van der Waals surface area contributed by atoms with Gasteiger partial charge in [0.15, 0.2) is 0 Å². The van der Waals surface area contributed by atoms with Gasteiger partial charge in [0.2, 0.25) is 0 Å². The number of hydrogen-bond donors (Lipinski definition) is 2. The molecule has 0 aliphatic carbocycles. The lowest BCUT2D eigenvalue weighted by atomic mass is 9.94. The number of carbonyl (C=O) groups is 3. The van der Waals surface area contributed by atoms with Gasteiger partial charge in [-0.25, -0.2) is 4.79 Å². The first-order chi connectivity index (χ1) is 15.8. The molecule has 33 heavy (non-hydrogen) atoms. The van der Waals surface area contributed by atoms with Gasteiger partial charge in [-0.05, 0) is 43.2 Å². The molecule has 2 aromatic heterocycles. The molecule has 9 nitrogen and oxygen atoms in total. The minimum Gasteiger partial charge on any atom is -0.507 e. The molecule has 1 aliphatic rings. The maximum Gasteiger partial charge on any atom is 0.337 e. The normalized spacial score (nSPS) is 17.4. The van der Waals surface area contributed by atoms with E-state index in [2.05, 4.69) is 15.2 Å². The number of aromatic amines is 1. The molecule has 0 unspecified atom stereocenters. The number of hydrogen-bond acceptors (Lipinski definition) is 7. The summed E-state index contributed by atoms with van der Waals surface area (Å²) in [5, 5.41) is 18.1. The lowest BCUT2D eigenvalue weighted by Gasteiger charge is -2.25. The van der Waals surface area contributed by atoms with E-state index in [1.165, 1.54) is 12.0 Å². The number of nitrogens with zero attached hydrogens (tertiary/aromatic N) is 3. The number of aliphatic hydroxyl groups excluding tert-OH is 1. The number of H-pyrrole nitrogens is 1. The van der Waals surface area contributed by atoms with Gasteiger partial charge in [0.25, 0.3) is 11.7 Å². The topological polar surface area (TPSA) is 125 Å². The number of aliphatic hydroxyl groups is 1. The van der Waals surface area contributed by atoms with Crippen molar-refractivity contribution in [2.75, 3.05) is 7.11 Å². The lowest BCUT2D eigenvalue weighted by molar-refractivity contribution is -0.140. The summed E-state index contributed by atoms with van der Waals surface area (Å²) in [5.41, 5.74) is 3.03. The van der Waals surface area contributed by atoms with E-state index in [1.54, 1.807) is 62.6 Å². The van der Waals surface area contributed by atoms with E-state index in [1.807, 2.05) is 0 Å². The van der Waals surface area contributed by atoms with Crippen LogP contribution in [0.5, 0.6) is 0 Å². The summed E-state index contributed by atoms with van der Waals surface area (Å²) in [4.78, 5) is 43.5. The second kappa shape index (κ2) is 8.70. The van der Waals surface area contributed by atoms with Gasteiger partial charge in [-0.1, -0.05) is 18.2 Å². The van der Waals surface area contributed by atoms with E-state index < -0.39 is 23.7 Å². The molecular weight excluding hydrogens is 424 g/mol. The Hall–Kier alpha value is -4.27. The largest absolute Gasteiger partial charge is 0.507 e. The molecule has 1 atom stereocenters. The zero-order valence-electron chi connectivity index (χ0n) is 18.3. The Morgan fingerprint density at radius 2 is 1.91 bits per heavy atom. The van der Waals surface area contributed by atoms with Crippen molar-refractivity contribution in [2.24, 2.45) is 0 Å². The number of nitrogens with one attached hydrogen (secondary N) is 1. The number of ketones is 1. The van der Waals surface area contributed by atoms with Crippen LogP contribution < -0.4 is 0 Å². The van der Waals surface area contributed by atoms with Crippen molar-refractivity contribution < 1.29 is 24.2 Å². The standard InChI is InChI=1S/C24H22N4O5/c1-13-18(14(2)27-26-13)21(29)19-20(16-6-8-17(9-7-16)24(32)33-3)28(23(31)22(19)30)12-15-5-4-10-25-11-15/h4-11,20,29H,12H2,1-3H3,(H,26,27)/b21-19+/t20-/m0/s1. The minimum atomic E-state index is -0.870. The van der Waals surface area contributed by atoms with E-state index in [0.717, 1.165) is 5.56 Å². The molecule has 0 saturated carbocycles. The molecule has 168 valence electrons. The number of pyridine rings is 1. The van der Waals surface area contributed by atoms with Crippen LogP contribution in [-0.2, 0) is 20.9 Å². The Bertz CT molecular complexity index is 1240. The van der Waals surface area contributed by atoms with Crippen molar-refractivity contribution in [3.63, 3.8) is 0 Å². The first kappa shape index (κ1) is 21.9. The number of rotatable bonds is 5. The number of carbonyl (C=O) groups excluding carboxylic acids is 3. The van der Waals surface area contributed by atoms with E-state index in [9.17, 15) is 19.5 Å². The van der Waals surface area contributed by atoms with Crippen LogP contribution in [0.3, 0.4) is 0 Å². The predicted octanol–water partition coefficient (Wildman–Crippen LogP) is 2.83. The fourth-order valence-corrected chi connectivity index (χ4v) is 4.03. The van der Waals surface area contributed by atoms with Crippen molar-refractivity contribution in [1.82, 2.24) is 20.1 Å². The fraction of sp³-hybridized carbons (Fsp3) is 0.208. The Kier molecular flexibility index (Phi) is 5.78. The second-order valence-electron chi connectivity index (χ2n) is 7.71. The number of amides is 1. The molecule has 0 radical (unpaired) electrons. The smallest absolute Gasteiger partial charge is 0.337 e. The lowest BCUT2D eigenvalue weighted by Crippen LogP contribution is -2.29. The van der Waals surface area contributed by atoms with Crippen LogP contribution in [0.15, 0.2) is 54.4 Å². The third kappa shape index (κ3) is 3.89. The van der Waals surface area contributed by atoms with E-state index in [0.29, 0.717) is 28.1 Å². The number of likely N-dealkylation sites (tertiary alicyclic amines) is 1. The van der Waals surface area contributed by atoms with Crippen molar-refractivity contribution in [3.8, 4) is 0 Å². The van der Waals surface area contributed by atoms with E-state index in [4.69, 9.17) is 4.74 Å². The third-order valence-electron chi connectivity index (χ3n) is 5.63. The molecule has 0 spiro atoms.